The van der Waals surface area contributed by atoms with Crippen molar-refractivity contribution >= 4 is 17.7 Å². The summed E-state index contributed by atoms with van der Waals surface area (Å²) in [4.78, 5) is 32.5. The predicted octanol–water partition coefficient (Wildman–Crippen LogP) is 1.07. The molecule has 0 amide bonds. The molecule has 0 aliphatic rings. The molecule has 8 heteroatoms. The maximum atomic E-state index is 13.2. The van der Waals surface area contributed by atoms with Gasteiger partial charge in [0.2, 0.25) is 5.92 Å². The lowest BCUT2D eigenvalue weighted by Gasteiger charge is -2.07. The molecule has 1 aromatic rings. The van der Waals surface area contributed by atoms with E-state index in [1.54, 1.807) is 0 Å². The topological polar surface area (TPSA) is 91.7 Å². The molecule has 0 fully saturated rings. The number of hydrogen-bond acceptors (Lipinski definition) is 3. The average Bonchev–Trinajstić information content (AvgIpc) is 2.24. The fourth-order valence-electron chi connectivity index (χ4n) is 1.20. The van der Waals surface area contributed by atoms with Crippen molar-refractivity contribution in [3.8, 4) is 0 Å². The minimum Gasteiger partial charge on any atom is -0.480 e. The van der Waals surface area contributed by atoms with Gasteiger partial charge in [0.1, 0.15) is 0 Å². The Bertz CT molecular complexity index is 527. The van der Waals surface area contributed by atoms with Crippen LogP contribution in [0, 0.1) is 23.4 Å². The lowest BCUT2D eigenvalue weighted by Crippen LogP contribution is -2.32. The van der Waals surface area contributed by atoms with E-state index < -0.39 is 46.7 Å². The molecule has 18 heavy (non-hydrogen) atoms. The molecular formula is C10H5F3O5. The van der Waals surface area contributed by atoms with Crippen molar-refractivity contribution in [1.82, 2.24) is 0 Å². The first-order valence-electron chi connectivity index (χ1n) is 4.40. The van der Waals surface area contributed by atoms with Crippen molar-refractivity contribution in [2.24, 2.45) is 5.92 Å². The van der Waals surface area contributed by atoms with Crippen LogP contribution in [0.1, 0.15) is 10.4 Å². The van der Waals surface area contributed by atoms with E-state index in [-0.39, 0.29) is 0 Å². The predicted molar refractivity (Wildman–Crippen MR) is 49.4 cm³/mol. The van der Waals surface area contributed by atoms with Gasteiger partial charge in [0, 0.05) is 0 Å². The Balaban J connectivity index is 3.30. The van der Waals surface area contributed by atoms with E-state index >= 15 is 0 Å². The minimum atomic E-state index is -2.58. The molecule has 0 aliphatic heterocycles. The highest BCUT2D eigenvalue weighted by molar-refractivity contribution is 6.20. The molecule has 0 bridgehead atoms. The zero-order valence-electron chi connectivity index (χ0n) is 8.49. The van der Waals surface area contributed by atoms with Crippen LogP contribution in [0.4, 0.5) is 13.2 Å². The summed E-state index contributed by atoms with van der Waals surface area (Å²) in [6.07, 6.45) is 0. The molecule has 0 aliphatic carbocycles. The minimum absolute atomic E-state index is 0.395. The van der Waals surface area contributed by atoms with Crippen molar-refractivity contribution in [2.45, 2.75) is 0 Å². The summed E-state index contributed by atoms with van der Waals surface area (Å²) in [6.45, 7) is 0. The molecular weight excluding hydrogens is 257 g/mol. The Kier molecular flexibility index (Phi) is 3.70. The molecule has 0 spiro atoms. The fourth-order valence-corrected chi connectivity index (χ4v) is 1.20. The van der Waals surface area contributed by atoms with Crippen LogP contribution >= 0.6 is 0 Å². The van der Waals surface area contributed by atoms with E-state index in [9.17, 15) is 27.6 Å². The molecule has 2 N–H and O–H groups in total. The van der Waals surface area contributed by atoms with Crippen LogP contribution in [0.25, 0.3) is 0 Å². The van der Waals surface area contributed by atoms with Crippen molar-refractivity contribution in [3.05, 3.63) is 35.1 Å². The Morgan fingerprint density at radius 2 is 1.44 bits per heavy atom. The number of benzene rings is 1. The van der Waals surface area contributed by atoms with Crippen molar-refractivity contribution < 1.29 is 37.8 Å². The largest absolute Gasteiger partial charge is 0.480 e. The number of carbonyl (C=O) groups excluding carboxylic acids is 1. The van der Waals surface area contributed by atoms with Gasteiger partial charge in [-0.25, -0.2) is 13.2 Å². The highest BCUT2D eigenvalue weighted by Gasteiger charge is 2.36. The molecule has 1 aromatic carbocycles. The third-order valence-corrected chi connectivity index (χ3v) is 2.06. The van der Waals surface area contributed by atoms with E-state index in [0.29, 0.717) is 12.1 Å². The van der Waals surface area contributed by atoms with Crippen molar-refractivity contribution in [3.63, 3.8) is 0 Å². The quantitative estimate of drug-likeness (QED) is 0.481. The zero-order valence-corrected chi connectivity index (χ0v) is 8.49. The monoisotopic (exact) mass is 262 g/mol. The normalized spacial score (nSPS) is 10.4. The van der Waals surface area contributed by atoms with Crippen LogP contribution in [0.5, 0.6) is 0 Å². The fraction of sp³-hybridized carbons (Fsp3) is 0.100. The number of ketones is 1. The van der Waals surface area contributed by atoms with Gasteiger partial charge in [-0.2, -0.15) is 0 Å². The molecule has 96 valence electrons. The lowest BCUT2D eigenvalue weighted by atomic mass is 9.97. The number of carboxylic acid groups (broad SMARTS) is 2. The van der Waals surface area contributed by atoms with Gasteiger partial charge in [-0.3, -0.25) is 14.4 Å². The Morgan fingerprint density at radius 3 is 1.89 bits per heavy atom. The first-order valence-corrected chi connectivity index (χ1v) is 4.40. The lowest BCUT2D eigenvalue weighted by molar-refractivity contribution is -0.151. The zero-order chi connectivity index (χ0) is 14.0. The van der Waals surface area contributed by atoms with E-state index in [0.717, 1.165) is 0 Å². The SMILES string of the molecule is O=C(O)C(C(=O)O)C(=O)c1ccc(F)c(F)c1F. The van der Waals surface area contributed by atoms with Crippen LogP contribution in [-0.4, -0.2) is 27.9 Å². The molecule has 0 atom stereocenters. The molecule has 0 heterocycles. The van der Waals surface area contributed by atoms with E-state index in [1.165, 1.54) is 0 Å². The Morgan fingerprint density at radius 1 is 0.944 bits per heavy atom. The van der Waals surface area contributed by atoms with Crippen LogP contribution in [0.15, 0.2) is 12.1 Å². The Labute approximate surface area is 97.5 Å². The number of carboxylic acids is 2. The molecule has 0 unspecified atom stereocenters. The second-order valence-electron chi connectivity index (χ2n) is 3.20. The first-order chi connectivity index (χ1) is 8.27. The highest BCUT2D eigenvalue weighted by atomic mass is 19.2. The summed E-state index contributed by atoms with van der Waals surface area (Å²) < 4.78 is 38.6. The molecule has 0 saturated carbocycles. The van der Waals surface area contributed by atoms with Gasteiger partial charge in [0.15, 0.2) is 23.2 Å². The molecule has 0 aromatic heterocycles. The highest BCUT2D eigenvalue weighted by Crippen LogP contribution is 2.19. The number of halogens is 3. The second kappa shape index (κ2) is 4.86. The standard InChI is InChI=1S/C10H5F3O5/c11-4-2-1-3(6(12)7(4)13)8(14)5(9(15)16)10(17)18/h1-2,5H,(H,15,16)(H,17,18). The van der Waals surface area contributed by atoms with Gasteiger partial charge in [-0.15, -0.1) is 0 Å². The molecule has 5 nitrogen and oxygen atoms in total. The summed E-state index contributed by atoms with van der Waals surface area (Å²) in [5, 5.41) is 17.0. The third-order valence-electron chi connectivity index (χ3n) is 2.06. The van der Waals surface area contributed by atoms with Gasteiger partial charge < -0.3 is 10.2 Å². The average molecular weight is 262 g/mol. The number of Topliss-reactive ketones (excluding diaryl/α,β-unsaturated/α-hetero) is 1. The number of rotatable bonds is 4. The summed E-state index contributed by atoms with van der Waals surface area (Å²) in [7, 11) is 0. The number of carbonyl (C=O) groups is 3. The van der Waals surface area contributed by atoms with Gasteiger partial charge in [-0.05, 0) is 12.1 Å². The molecule has 0 saturated heterocycles. The maximum Gasteiger partial charge on any atom is 0.325 e. The number of aliphatic carboxylic acids is 2. The van der Waals surface area contributed by atoms with E-state index in [4.69, 9.17) is 10.2 Å². The summed E-state index contributed by atoms with van der Waals surface area (Å²) in [5.74, 6) is -13.8. The van der Waals surface area contributed by atoms with E-state index in [2.05, 4.69) is 0 Å². The van der Waals surface area contributed by atoms with Crippen molar-refractivity contribution in [1.29, 1.82) is 0 Å². The summed E-state index contributed by atoms with van der Waals surface area (Å²) >= 11 is 0. The van der Waals surface area contributed by atoms with Crippen LogP contribution in [0.3, 0.4) is 0 Å². The smallest absolute Gasteiger partial charge is 0.325 e. The second-order valence-corrected chi connectivity index (χ2v) is 3.20. The summed E-state index contributed by atoms with van der Waals surface area (Å²) in [6, 6.07) is 0.876. The number of hydrogen-bond donors (Lipinski definition) is 2. The van der Waals surface area contributed by atoms with Gasteiger partial charge in [-0.1, -0.05) is 0 Å². The van der Waals surface area contributed by atoms with Gasteiger partial charge in [0.25, 0.3) is 0 Å². The Hall–Kier alpha value is -2.38. The van der Waals surface area contributed by atoms with Crippen LogP contribution < -0.4 is 0 Å². The summed E-state index contributed by atoms with van der Waals surface area (Å²) in [5.41, 5.74) is -1.14. The van der Waals surface area contributed by atoms with Crippen molar-refractivity contribution in [2.75, 3.05) is 0 Å². The maximum absolute atomic E-state index is 13.2. The van der Waals surface area contributed by atoms with E-state index in [1.807, 2.05) is 0 Å². The first kappa shape index (κ1) is 13.7. The molecule has 0 radical (unpaired) electrons. The molecule has 1 rings (SSSR count). The van der Waals surface area contributed by atoms with Gasteiger partial charge in [0.05, 0.1) is 5.56 Å². The van der Waals surface area contributed by atoms with Crippen LogP contribution in [-0.2, 0) is 9.59 Å². The van der Waals surface area contributed by atoms with Gasteiger partial charge >= 0.3 is 11.9 Å². The van der Waals surface area contributed by atoms with Crippen LogP contribution in [0.2, 0.25) is 0 Å². The third kappa shape index (κ3) is 2.31.